The first-order valence-electron chi connectivity index (χ1n) is 4.97. The van der Waals surface area contributed by atoms with Crippen LogP contribution in [0, 0.1) is 11.8 Å². The van der Waals surface area contributed by atoms with Crippen molar-refractivity contribution in [1.82, 2.24) is 9.97 Å². The molecule has 0 radical (unpaired) electrons. The van der Waals surface area contributed by atoms with Crippen LogP contribution in [0.2, 0.25) is 0 Å². The molecule has 0 atom stereocenters. The van der Waals surface area contributed by atoms with Crippen LogP contribution in [-0.2, 0) is 0 Å². The average molecular weight is 266 g/mol. The number of hydrogen-bond donors (Lipinski definition) is 1. The minimum absolute atomic E-state index is 0.570. The standard InChI is InChI=1S/C11H12BrN3/c1-2-3-6-13-10-7-9(12)14-11(15-10)8-4-5-8/h7-8H,4-6H2,1H3,(H,13,14,15). The minimum Gasteiger partial charge on any atom is -0.359 e. The fraction of sp³-hybridized carbons (Fsp3) is 0.455. The Hall–Kier alpha value is -1.08. The van der Waals surface area contributed by atoms with Gasteiger partial charge in [-0.15, -0.1) is 5.92 Å². The van der Waals surface area contributed by atoms with E-state index in [1.165, 1.54) is 12.8 Å². The molecule has 4 heteroatoms. The zero-order chi connectivity index (χ0) is 10.7. The SMILES string of the molecule is CC#CCNc1cc(Br)nc(C2CC2)n1. The quantitative estimate of drug-likeness (QED) is 0.675. The summed E-state index contributed by atoms with van der Waals surface area (Å²) in [6, 6.07) is 1.88. The lowest BCUT2D eigenvalue weighted by molar-refractivity contribution is 0.916. The summed E-state index contributed by atoms with van der Waals surface area (Å²) in [6.45, 7) is 2.46. The van der Waals surface area contributed by atoms with Gasteiger partial charge in [0, 0.05) is 12.0 Å². The van der Waals surface area contributed by atoms with Gasteiger partial charge in [0.05, 0.1) is 6.54 Å². The van der Waals surface area contributed by atoms with Crippen molar-refractivity contribution in [3.8, 4) is 11.8 Å². The lowest BCUT2D eigenvalue weighted by Crippen LogP contribution is -2.04. The number of nitrogens with zero attached hydrogens (tertiary/aromatic N) is 2. The number of anilines is 1. The molecule has 1 heterocycles. The van der Waals surface area contributed by atoms with Crippen molar-refractivity contribution in [2.24, 2.45) is 0 Å². The summed E-state index contributed by atoms with van der Waals surface area (Å²) in [5.41, 5.74) is 0. The van der Waals surface area contributed by atoms with Gasteiger partial charge in [-0.25, -0.2) is 9.97 Å². The van der Waals surface area contributed by atoms with E-state index in [1.54, 1.807) is 0 Å². The van der Waals surface area contributed by atoms with Gasteiger partial charge in [0.1, 0.15) is 16.2 Å². The number of nitrogens with one attached hydrogen (secondary N) is 1. The van der Waals surface area contributed by atoms with Crippen LogP contribution in [0.3, 0.4) is 0 Å². The molecule has 2 rings (SSSR count). The molecule has 0 amide bonds. The Morgan fingerprint density at radius 3 is 3.00 bits per heavy atom. The van der Waals surface area contributed by atoms with Crippen LogP contribution in [0.5, 0.6) is 0 Å². The van der Waals surface area contributed by atoms with Crippen LogP contribution in [0.15, 0.2) is 10.7 Å². The molecule has 0 aliphatic heterocycles. The summed E-state index contributed by atoms with van der Waals surface area (Å²) in [5, 5.41) is 3.15. The van der Waals surface area contributed by atoms with Crippen molar-refractivity contribution >= 4 is 21.7 Å². The van der Waals surface area contributed by atoms with Gasteiger partial charge in [-0.05, 0) is 35.7 Å². The molecule has 0 saturated heterocycles. The first kappa shape index (κ1) is 10.4. The fourth-order valence-corrected chi connectivity index (χ4v) is 1.67. The second kappa shape index (κ2) is 4.63. The highest BCUT2D eigenvalue weighted by Crippen LogP contribution is 2.38. The van der Waals surface area contributed by atoms with Crippen molar-refractivity contribution in [3.05, 3.63) is 16.5 Å². The van der Waals surface area contributed by atoms with Gasteiger partial charge in [0.15, 0.2) is 0 Å². The third kappa shape index (κ3) is 2.93. The molecule has 1 aliphatic rings. The largest absolute Gasteiger partial charge is 0.359 e. The van der Waals surface area contributed by atoms with Gasteiger partial charge in [0.2, 0.25) is 0 Å². The van der Waals surface area contributed by atoms with E-state index in [2.05, 4.69) is 43.1 Å². The summed E-state index contributed by atoms with van der Waals surface area (Å²) in [4.78, 5) is 8.80. The molecule has 1 saturated carbocycles. The molecule has 3 nitrogen and oxygen atoms in total. The van der Waals surface area contributed by atoms with Gasteiger partial charge in [0.25, 0.3) is 0 Å². The van der Waals surface area contributed by atoms with Gasteiger partial charge in [-0.2, -0.15) is 0 Å². The zero-order valence-corrected chi connectivity index (χ0v) is 10.1. The molecule has 78 valence electrons. The second-order valence-electron chi connectivity index (χ2n) is 3.49. The molecule has 1 fully saturated rings. The lowest BCUT2D eigenvalue weighted by atomic mass is 10.4. The van der Waals surface area contributed by atoms with E-state index in [9.17, 15) is 0 Å². The summed E-state index contributed by atoms with van der Waals surface area (Å²) in [5.74, 6) is 8.14. The van der Waals surface area contributed by atoms with E-state index in [-0.39, 0.29) is 0 Å². The number of rotatable bonds is 3. The Morgan fingerprint density at radius 2 is 2.33 bits per heavy atom. The Bertz CT molecular complexity index is 416. The number of aromatic nitrogens is 2. The summed E-state index contributed by atoms with van der Waals surface area (Å²) in [7, 11) is 0. The van der Waals surface area contributed by atoms with E-state index in [0.29, 0.717) is 12.5 Å². The first-order valence-corrected chi connectivity index (χ1v) is 5.77. The van der Waals surface area contributed by atoms with E-state index in [1.807, 2.05) is 13.0 Å². The van der Waals surface area contributed by atoms with Crippen LogP contribution < -0.4 is 5.32 Å². The predicted octanol–water partition coefficient (Wildman–Crippen LogP) is 2.55. The van der Waals surface area contributed by atoms with Crippen LogP contribution in [0.4, 0.5) is 5.82 Å². The molecular formula is C11H12BrN3. The third-order valence-electron chi connectivity index (χ3n) is 2.19. The third-order valence-corrected chi connectivity index (χ3v) is 2.60. The summed E-state index contributed by atoms with van der Waals surface area (Å²) in [6.07, 6.45) is 2.43. The van der Waals surface area contributed by atoms with Gasteiger partial charge < -0.3 is 5.32 Å². The van der Waals surface area contributed by atoms with Gasteiger partial charge in [-0.1, -0.05) is 5.92 Å². The van der Waals surface area contributed by atoms with Crippen LogP contribution in [-0.4, -0.2) is 16.5 Å². The van der Waals surface area contributed by atoms with Crippen molar-refractivity contribution in [1.29, 1.82) is 0 Å². The van der Waals surface area contributed by atoms with E-state index >= 15 is 0 Å². The average Bonchev–Trinajstić information content (AvgIpc) is 3.00. The Balaban J connectivity index is 2.11. The maximum atomic E-state index is 4.45. The summed E-state index contributed by atoms with van der Waals surface area (Å²) >= 11 is 3.39. The molecule has 1 aromatic rings. The maximum Gasteiger partial charge on any atom is 0.135 e. The number of hydrogen-bond acceptors (Lipinski definition) is 3. The highest BCUT2D eigenvalue weighted by Gasteiger charge is 2.27. The molecule has 1 aliphatic carbocycles. The van der Waals surface area contributed by atoms with Crippen LogP contribution in [0.25, 0.3) is 0 Å². The normalized spacial score (nSPS) is 14.3. The van der Waals surface area contributed by atoms with Gasteiger partial charge >= 0.3 is 0 Å². The molecule has 0 bridgehead atoms. The second-order valence-corrected chi connectivity index (χ2v) is 4.30. The topological polar surface area (TPSA) is 37.8 Å². The highest BCUT2D eigenvalue weighted by molar-refractivity contribution is 9.10. The lowest BCUT2D eigenvalue weighted by Gasteiger charge is -2.04. The number of halogens is 1. The minimum atomic E-state index is 0.570. The van der Waals surface area contributed by atoms with Crippen molar-refractivity contribution in [2.45, 2.75) is 25.7 Å². The molecular weight excluding hydrogens is 254 g/mol. The Morgan fingerprint density at radius 1 is 1.53 bits per heavy atom. The van der Waals surface area contributed by atoms with E-state index in [0.717, 1.165) is 16.2 Å². The van der Waals surface area contributed by atoms with Crippen molar-refractivity contribution in [2.75, 3.05) is 11.9 Å². The van der Waals surface area contributed by atoms with E-state index < -0.39 is 0 Å². The molecule has 0 spiro atoms. The highest BCUT2D eigenvalue weighted by atomic mass is 79.9. The fourth-order valence-electron chi connectivity index (χ4n) is 1.27. The molecule has 0 unspecified atom stereocenters. The van der Waals surface area contributed by atoms with E-state index in [4.69, 9.17) is 0 Å². The predicted molar refractivity (Wildman–Crippen MR) is 63.6 cm³/mol. The zero-order valence-electron chi connectivity index (χ0n) is 8.55. The monoisotopic (exact) mass is 265 g/mol. The smallest absolute Gasteiger partial charge is 0.135 e. The first-order chi connectivity index (χ1) is 7.29. The van der Waals surface area contributed by atoms with Crippen LogP contribution >= 0.6 is 15.9 Å². The Labute approximate surface area is 97.8 Å². The molecule has 1 aromatic heterocycles. The van der Waals surface area contributed by atoms with Gasteiger partial charge in [-0.3, -0.25) is 0 Å². The maximum absolute atomic E-state index is 4.45. The van der Waals surface area contributed by atoms with Crippen LogP contribution in [0.1, 0.15) is 31.5 Å². The molecule has 0 aromatic carbocycles. The summed E-state index contributed by atoms with van der Waals surface area (Å²) < 4.78 is 0.839. The van der Waals surface area contributed by atoms with Crippen molar-refractivity contribution in [3.63, 3.8) is 0 Å². The molecule has 15 heavy (non-hydrogen) atoms. The van der Waals surface area contributed by atoms with Crippen molar-refractivity contribution < 1.29 is 0 Å². The molecule has 1 N–H and O–H groups in total. The Kier molecular flexibility index (Phi) is 3.22.